The number of hydrogen-bond donors (Lipinski definition) is 3. The van der Waals surface area contributed by atoms with Crippen LogP contribution in [0.4, 0.5) is 22.0 Å². The van der Waals surface area contributed by atoms with Gasteiger partial charge in [-0.25, -0.2) is 9.78 Å². The molecule has 0 saturated carbocycles. The molecular formula is C21H25N9O3. The lowest BCUT2D eigenvalue weighted by molar-refractivity contribution is 0.0958. The lowest BCUT2D eigenvalue weighted by Gasteiger charge is -2.36. The summed E-state index contributed by atoms with van der Waals surface area (Å²) >= 11 is 0. The fraction of sp³-hybridized carbons (Fsp3) is 0.333. The number of rotatable bonds is 6. The van der Waals surface area contributed by atoms with E-state index >= 15 is 0 Å². The summed E-state index contributed by atoms with van der Waals surface area (Å²) in [6.07, 6.45) is 1.55. The van der Waals surface area contributed by atoms with Gasteiger partial charge in [-0.2, -0.15) is 5.10 Å². The molecule has 0 bridgehead atoms. The molecule has 4 rings (SSSR count). The van der Waals surface area contributed by atoms with E-state index in [9.17, 15) is 9.59 Å². The number of nitrogens with zero attached hydrogens (tertiary/aromatic N) is 6. The maximum absolute atomic E-state index is 12.7. The number of methoxy groups -OCH3 is 1. The first-order chi connectivity index (χ1) is 17.0. The maximum Gasteiger partial charge on any atom is 0.323 e. The highest BCUT2D eigenvalue weighted by atomic mass is 16.5. The lowest BCUT2D eigenvalue weighted by Crippen LogP contribution is -2.50. The van der Waals surface area contributed by atoms with Crippen molar-refractivity contribution in [1.29, 1.82) is 0 Å². The van der Waals surface area contributed by atoms with E-state index in [2.05, 4.69) is 30.9 Å². The molecule has 0 radical (unpaired) electrons. The van der Waals surface area contributed by atoms with Gasteiger partial charge in [0.15, 0.2) is 23.1 Å². The molecule has 172 valence electrons. The molecule has 33 heavy (non-hydrogen) atoms. The van der Waals surface area contributed by atoms with Crippen LogP contribution in [0, 0.1) is 5.92 Å². The normalized spacial score (nSPS) is 15.0. The van der Waals surface area contributed by atoms with E-state index in [1.165, 1.54) is 13.2 Å². The number of aromatic nitrogens is 5. The van der Waals surface area contributed by atoms with E-state index in [1.54, 1.807) is 41.2 Å². The third-order valence-corrected chi connectivity index (χ3v) is 5.04. The average molecular weight is 455 g/mol. The molecule has 0 aliphatic carbocycles. The van der Waals surface area contributed by atoms with Crippen LogP contribution in [0.5, 0.6) is 5.75 Å². The topological polar surface area (TPSA) is 139 Å². The molecular weight excluding hydrogens is 426 g/mol. The van der Waals surface area contributed by atoms with Crippen LogP contribution in [-0.4, -0.2) is 69.0 Å². The van der Waals surface area contributed by atoms with E-state index in [4.69, 9.17) is 8.85 Å². The molecule has 0 atom stereocenters. The number of aryl methyl sites for hydroxylation is 1. The van der Waals surface area contributed by atoms with E-state index in [1.807, 2.05) is 12.2 Å². The van der Waals surface area contributed by atoms with E-state index in [-0.39, 0.29) is 23.2 Å². The molecule has 3 N–H and O–H groups in total. The predicted molar refractivity (Wildman–Crippen MR) is 121 cm³/mol. The second kappa shape index (κ2) is 9.10. The number of amides is 3. The Morgan fingerprint density at radius 3 is 2.73 bits per heavy atom. The third-order valence-electron chi connectivity index (χ3n) is 5.04. The van der Waals surface area contributed by atoms with Crippen LogP contribution in [0.3, 0.4) is 0 Å². The van der Waals surface area contributed by atoms with Crippen LogP contribution >= 0.6 is 0 Å². The minimum absolute atomic E-state index is 0.0778. The summed E-state index contributed by atoms with van der Waals surface area (Å²) in [4.78, 5) is 31.0. The van der Waals surface area contributed by atoms with Gasteiger partial charge in [0.05, 0.1) is 24.0 Å². The number of carbonyl (C=O) groups is 2. The fourth-order valence-electron chi connectivity index (χ4n) is 3.47. The van der Waals surface area contributed by atoms with Gasteiger partial charge < -0.3 is 20.3 Å². The maximum atomic E-state index is 12.7. The van der Waals surface area contributed by atoms with Gasteiger partial charge >= 0.3 is 6.03 Å². The summed E-state index contributed by atoms with van der Waals surface area (Å²) in [5.74, 6) is 0.319. The largest absolute Gasteiger partial charge is 0.494 e. The van der Waals surface area contributed by atoms with Gasteiger partial charge in [0.1, 0.15) is 6.33 Å². The molecule has 3 aromatic rings. The summed E-state index contributed by atoms with van der Waals surface area (Å²) in [5, 5.41) is 19.7. The second-order valence-corrected chi connectivity index (χ2v) is 7.64. The summed E-state index contributed by atoms with van der Waals surface area (Å²) in [5.41, 5.74) is 0.819. The number of likely N-dealkylation sites (tertiary alicyclic amines) is 1. The fourth-order valence-corrected chi connectivity index (χ4v) is 3.47. The molecule has 1 aromatic carbocycles. The van der Waals surface area contributed by atoms with Gasteiger partial charge in [-0.1, -0.05) is 13.0 Å². The smallest absolute Gasteiger partial charge is 0.323 e. The molecule has 12 heteroatoms. The van der Waals surface area contributed by atoms with Crippen LogP contribution in [0.2, 0.25) is 0 Å². The van der Waals surface area contributed by atoms with Gasteiger partial charge in [0, 0.05) is 37.3 Å². The molecule has 1 saturated heterocycles. The van der Waals surface area contributed by atoms with E-state index in [0.717, 1.165) is 0 Å². The molecule has 0 unspecified atom stereocenters. The zero-order valence-electron chi connectivity index (χ0n) is 21.3. The second-order valence-electron chi connectivity index (χ2n) is 7.64. The van der Waals surface area contributed by atoms with Crippen molar-refractivity contribution in [2.75, 3.05) is 37.8 Å². The van der Waals surface area contributed by atoms with Crippen molar-refractivity contribution >= 4 is 29.1 Å². The Kier molecular flexibility index (Phi) is 5.07. The molecule has 3 amide bonds. The molecule has 0 spiro atoms. The summed E-state index contributed by atoms with van der Waals surface area (Å²) in [6.45, 7) is 0.537. The molecule has 3 heterocycles. The SMILES string of the molecule is [2H]C([2H])([2H])NC(=O)c1nnc(NC(=O)N2CC(C)C2)cc1Nc1cccc(-c2ncn(C)n2)c1OC. The van der Waals surface area contributed by atoms with Crippen molar-refractivity contribution in [3.05, 3.63) is 36.3 Å². The molecule has 12 nitrogen and oxygen atoms in total. The van der Waals surface area contributed by atoms with Crippen LogP contribution in [0.1, 0.15) is 21.5 Å². The number of nitrogens with one attached hydrogen (secondary N) is 3. The summed E-state index contributed by atoms with van der Waals surface area (Å²) < 4.78 is 29.2. The summed E-state index contributed by atoms with van der Waals surface area (Å²) in [7, 11) is 3.21. The Hall–Kier alpha value is -4.22. The van der Waals surface area contributed by atoms with Crippen LogP contribution in [0.25, 0.3) is 11.4 Å². The number of benzene rings is 1. The van der Waals surface area contributed by atoms with Crippen molar-refractivity contribution in [3.63, 3.8) is 0 Å². The quantitative estimate of drug-likeness (QED) is 0.513. The number of hydrogen-bond acceptors (Lipinski definition) is 8. The highest BCUT2D eigenvalue weighted by Crippen LogP contribution is 2.37. The Morgan fingerprint density at radius 2 is 2.06 bits per heavy atom. The van der Waals surface area contributed by atoms with E-state index in [0.29, 0.717) is 41.8 Å². The number of urea groups is 1. The lowest BCUT2D eigenvalue weighted by atomic mass is 10.0. The van der Waals surface area contributed by atoms with Gasteiger partial charge in [-0.15, -0.1) is 10.2 Å². The monoisotopic (exact) mass is 454 g/mol. The summed E-state index contributed by atoms with van der Waals surface area (Å²) in [6, 6.07) is 6.24. The highest BCUT2D eigenvalue weighted by molar-refractivity contribution is 5.99. The van der Waals surface area contributed by atoms with Crippen molar-refractivity contribution in [1.82, 2.24) is 35.2 Å². The molecule has 2 aromatic heterocycles. The van der Waals surface area contributed by atoms with Gasteiger partial charge in [0.2, 0.25) is 0 Å². The molecule has 1 aliphatic heterocycles. The highest BCUT2D eigenvalue weighted by Gasteiger charge is 2.27. The zero-order chi connectivity index (χ0) is 26.0. The van der Waals surface area contributed by atoms with Crippen molar-refractivity contribution in [2.45, 2.75) is 6.92 Å². The van der Waals surface area contributed by atoms with Crippen LogP contribution in [0.15, 0.2) is 30.6 Å². The Bertz CT molecular complexity index is 1290. The Labute approximate surface area is 194 Å². The van der Waals surface area contributed by atoms with Crippen LogP contribution < -0.4 is 20.7 Å². The minimum Gasteiger partial charge on any atom is -0.494 e. The van der Waals surface area contributed by atoms with Crippen molar-refractivity contribution in [2.24, 2.45) is 13.0 Å². The minimum atomic E-state index is -2.74. The zero-order valence-corrected chi connectivity index (χ0v) is 18.3. The third kappa shape index (κ3) is 4.54. The van der Waals surface area contributed by atoms with Gasteiger partial charge in [-0.3, -0.25) is 14.8 Å². The molecule has 1 fully saturated rings. The number of ether oxygens (including phenoxy) is 1. The van der Waals surface area contributed by atoms with Crippen LogP contribution in [-0.2, 0) is 7.05 Å². The average Bonchev–Trinajstić information content (AvgIpc) is 3.21. The Balaban J connectivity index is 1.69. The Morgan fingerprint density at radius 1 is 1.24 bits per heavy atom. The number of carbonyl (C=O) groups excluding carboxylic acids is 2. The number of para-hydroxylation sites is 1. The van der Waals surface area contributed by atoms with E-state index < -0.39 is 12.9 Å². The number of anilines is 3. The first-order valence-electron chi connectivity index (χ1n) is 11.6. The first-order valence-corrected chi connectivity index (χ1v) is 10.1. The first kappa shape index (κ1) is 18.4. The predicted octanol–water partition coefficient (Wildman–Crippen LogP) is 1.87. The van der Waals surface area contributed by atoms with Gasteiger partial charge in [-0.05, 0) is 18.1 Å². The van der Waals surface area contributed by atoms with Crippen molar-refractivity contribution < 1.29 is 18.4 Å². The van der Waals surface area contributed by atoms with Gasteiger partial charge in [0.25, 0.3) is 5.91 Å². The van der Waals surface area contributed by atoms with Crippen molar-refractivity contribution in [3.8, 4) is 17.1 Å². The molecule has 1 aliphatic rings. The standard InChI is InChI=1S/C21H25N9O3/c1-12-9-30(10-12)21(32)25-16-8-15(17(27-26-16)20(31)22-2)24-14-7-5-6-13(18(14)33-4)19-23-11-29(3)28-19/h5-8,11-12H,9-10H2,1-4H3,(H,22,31)(H2,24,25,26,32)/i2D3.